The van der Waals surface area contributed by atoms with Gasteiger partial charge < -0.3 is 14.2 Å². The Morgan fingerprint density at radius 3 is 2.06 bits per heavy atom. The zero-order chi connectivity index (χ0) is 22.0. The third-order valence-electron chi connectivity index (χ3n) is 6.12. The van der Waals surface area contributed by atoms with Gasteiger partial charge in [-0.05, 0) is 42.5 Å². The van der Waals surface area contributed by atoms with Crippen LogP contribution in [0.5, 0.6) is 17.2 Å². The third kappa shape index (κ3) is 3.80. The lowest BCUT2D eigenvalue weighted by Gasteiger charge is -2.31. The van der Waals surface area contributed by atoms with Crippen molar-refractivity contribution in [3.8, 4) is 17.2 Å². The van der Waals surface area contributed by atoms with Crippen LogP contribution in [0, 0.1) is 0 Å². The van der Waals surface area contributed by atoms with Crippen molar-refractivity contribution < 1.29 is 23.8 Å². The van der Waals surface area contributed by atoms with Crippen LogP contribution in [0.4, 0.5) is 0 Å². The molecule has 0 N–H and O–H groups in total. The molecule has 2 amide bonds. The number of carbonyl (C=O) groups is 2. The maximum Gasteiger partial charge on any atom is 0.251 e. The Hall–Kier alpha value is -3.22. The van der Waals surface area contributed by atoms with Crippen LogP contribution in [-0.4, -0.2) is 56.3 Å². The maximum atomic E-state index is 13.5. The van der Waals surface area contributed by atoms with Gasteiger partial charge in [0.15, 0.2) is 11.5 Å². The monoisotopic (exact) mass is 424 g/mol. The van der Waals surface area contributed by atoms with Crippen molar-refractivity contribution >= 4 is 11.8 Å². The van der Waals surface area contributed by atoms with Gasteiger partial charge in [0, 0.05) is 13.1 Å². The van der Waals surface area contributed by atoms with Crippen LogP contribution >= 0.6 is 0 Å². The first-order valence-electron chi connectivity index (χ1n) is 10.5. The van der Waals surface area contributed by atoms with Crippen LogP contribution in [-0.2, 0) is 21.4 Å². The first-order valence-corrected chi connectivity index (χ1v) is 10.5. The van der Waals surface area contributed by atoms with E-state index in [1.807, 2.05) is 30.3 Å². The molecule has 2 fully saturated rings. The molecule has 0 bridgehead atoms. The standard InChI is InChI=1S/C24H28N2O5/c1-29-19-14-17(15-20(30-2)22(19)31-3)16-21(27)25-12-7-13-26(25)23(28)24(10-11-24)18-8-5-4-6-9-18/h4-6,8-9,14-15H,7,10-13,16H2,1-3H3. The summed E-state index contributed by atoms with van der Waals surface area (Å²) in [5.74, 6) is 1.39. The van der Waals surface area contributed by atoms with Crippen LogP contribution in [0.25, 0.3) is 0 Å². The van der Waals surface area contributed by atoms with Gasteiger partial charge in [0.1, 0.15) is 0 Å². The van der Waals surface area contributed by atoms with Gasteiger partial charge >= 0.3 is 0 Å². The van der Waals surface area contributed by atoms with Crippen molar-refractivity contribution in [2.75, 3.05) is 34.4 Å². The maximum absolute atomic E-state index is 13.5. The Bertz CT molecular complexity index is 946. The molecule has 0 aromatic heterocycles. The number of carbonyl (C=O) groups excluding carboxylic acids is 2. The summed E-state index contributed by atoms with van der Waals surface area (Å²) in [4.78, 5) is 26.6. The lowest BCUT2D eigenvalue weighted by atomic mass is 9.95. The highest BCUT2D eigenvalue weighted by atomic mass is 16.5. The normalized spacial score (nSPS) is 16.7. The molecule has 1 aliphatic carbocycles. The summed E-state index contributed by atoms with van der Waals surface area (Å²) in [5.41, 5.74) is 1.28. The molecule has 7 nitrogen and oxygen atoms in total. The van der Waals surface area contributed by atoms with Crippen molar-refractivity contribution in [3.63, 3.8) is 0 Å². The smallest absolute Gasteiger partial charge is 0.251 e. The number of hydrazine groups is 1. The second kappa shape index (κ2) is 8.49. The minimum Gasteiger partial charge on any atom is -0.493 e. The minimum atomic E-state index is -0.489. The van der Waals surface area contributed by atoms with Gasteiger partial charge in [-0.25, -0.2) is 0 Å². The first kappa shape index (κ1) is 21.0. The topological polar surface area (TPSA) is 68.3 Å². The average molecular weight is 424 g/mol. The molecule has 1 saturated carbocycles. The third-order valence-corrected chi connectivity index (χ3v) is 6.12. The fraction of sp³-hybridized carbons (Fsp3) is 0.417. The van der Waals surface area contributed by atoms with Gasteiger partial charge in [-0.3, -0.25) is 19.6 Å². The van der Waals surface area contributed by atoms with E-state index in [-0.39, 0.29) is 18.2 Å². The fourth-order valence-electron chi connectivity index (χ4n) is 4.34. The molecule has 2 aliphatic rings. The fourth-order valence-corrected chi connectivity index (χ4v) is 4.34. The van der Waals surface area contributed by atoms with E-state index >= 15 is 0 Å². The summed E-state index contributed by atoms with van der Waals surface area (Å²) in [6.07, 6.45) is 2.55. The molecule has 1 aliphatic heterocycles. The van der Waals surface area contributed by atoms with E-state index < -0.39 is 5.41 Å². The van der Waals surface area contributed by atoms with Crippen molar-refractivity contribution in [2.45, 2.75) is 31.1 Å². The van der Waals surface area contributed by atoms with Crippen LogP contribution in [0.15, 0.2) is 42.5 Å². The van der Waals surface area contributed by atoms with E-state index in [0.717, 1.165) is 30.4 Å². The molecular weight excluding hydrogens is 396 g/mol. The average Bonchev–Trinajstić information content (AvgIpc) is 3.47. The number of benzene rings is 2. The SMILES string of the molecule is COc1cc(CC(=O)N2CCCN2C(=O)C2(c3ccccc3)CC2)cc(OC)c1OC. The molecule has 0 atom stereocenters. The van der Waals surface area contributed by atoms with Gasteiger partial charge in [0.05, 0.1) is 33.2 Å². The van der Waals surface area contributed by atoms with Crippen LogP contribution < -0.4 is 14.2 Å². The molecule has 7 heteroatoms. The van der Waals surface area contributed by atoms with E-state index in [1.54, 1.807) is 43.5 Å². The predicted molar refractivity (Wildman–Crippen MR) is 115 cm³/mol. The van der Waals surface area contributed by atoms with E-state index in [9.17, 15) is 9.59 Å². The van der Waals surface area contributed by atoms with Gasteiger partial charge in [-0.1, -0.05) is 30.3 Å². The van der Waals surface area contributed by atoms with Crippen molar-refractivity contribution in [2.24, 2.45) is 0 Å². The second-order valence-corrected chi connectivity index (χ2v) is 7.96. The molecule has 2 aromatic rings. The lowest BCUT2D eigenvalue weighted by Crippen LogP contribution is -2.49. The molecule has 1 heterocycles. The number of methoxy groups -OCH3 is 3. The zero-order valence-corrected chi connectivity index (χ0v) is 18.2. The number of nitrogens with zero attached hydrogens (tertiary/aromatic N) is 2. The molecule has 0 spiro atoms. The summed E-state index contributed by atoms with van der Waals surface area (Å²) >= 11 is 0. The van der Waals surface area contributed by atoms with Crippen LogP contribution in [0.1, 0.15) is 30.4 Å². The van der Waals surface area contributed by atoms with E-state index in [4.69, 9.17) is 14.2 Å². The molecule has 0 radical (unpaired) electrons. The highest BCUT2D eigenvalue weighted by Gasteiger charge is 2.54. The Morgan fingerprint density at radius 1 is 0.903 bits per heavy atom. The van der Waals surface area contributed by atoms with E-state index in [0.29, 0.717) is 30.3 Å². The summed E-state index contributed by atoms with van der Waals surface area (Å²) in [6, 6.07) is 13.4. The molecular formula is C24H28N2O5. The Balaban J connectivity index is 1.53. The Morgan fingerprint density at radius 2 is 1.52 bits per heavy atom. The van der Waals surface area contributed by atoms with Crippen LogP contribution in [0.2, 0.25) is 0 Å². The zero-order valence-electron chi connectivity index (χ0n) is 18.2. The Labute approximate surface area is 182 Å². The summed E-state index contributed by atoms with van der Waals surface area (Å²) in [5, 5.41) is 3.26. The van der Waals surface area contributed by atoms with E-state index in [2.05, 4.69) is 0 Å². The van der Waals surface area contributed by atoms with Gasteiger partial charge in [-0.15, -0.1) is 0 Å². The largest absolute Gasteiger partial charge is 0.493 e. The Kier molecular flexibility index (Phi) is 5.76. The highest BCUT2D eigenvalue weighted by Crippen LogP contribution is 2.50. The van der Waals surface area contributed by atoms with Crippen molar-refractivity contribution in [3.05, 3.63) is 53.6 Å². The number of rotatable bonds is 7. The number of hydrogen-bond acceptors (Lipinski definition) is 5. The second-order valence-electron chi connectivity index (χ2n) is 7.96. The molecule has 31 heavy (non-hydrogen) atoms. The van der Waals surface area contributed by atoms with E-state index in [1.165, 1.54) is 0 Å². The summed E-state index contributed by atoms with van der Waals surface area (Å²) in [6.45, 7) is 1.11. The summed E-state index contributed by atoms with van der Waals surface area (Å²) in [7, 11) is 4.63. The van der Waals surface area contributed by atoms with Gasteiger partial charge in [0.2, 0.25) is 11.7 Å². The first-order chi connectivity index (χ1) is 15.0. The van der Waals surface area contributed by atoms with Gasteiger partial charge in [-0.2, -0.15) is 0 Å². The highest BCUT2D eigenvalue weighted by molar-refractivity contribution is 5.93. The number of ether oxygens (including phenoxy) is 3. The van der Waals surface area contributed by atoms with Crippen LogP contribution in [0.3, 0.4) is 0 Å². The van der Waals surface area contributed by atoms with Crippen molar-refractivity contribution in [1.29, 1.82) is 0 Å². The lowest BCUT2D eigenvalue weighted by molar-refractivity contribution is -0.159. The number of hydrogen-bond donors (Lipinski definition) is 0. The molecule has 164 valence electrons. The molecule has 2 aromatic carbocycles. The predicted octanol–water partition coefficient (Wildman–Crippen LogP) is 2.96. The van der Waals surface area contributed by atoms with Crippen molar-refractivity contribution in [1.82, 2.24) is 10.0 Å². The molecule has 4 rings (SSSR count). The summed E-state index contributed by atoms with van der Waals surface area (Å²) < 4.78 is 16.1. The number of amides is 2. The molecule has 0 unspecified atom stereocenters. The minimum absolute atomic E-state index is 0.0226. The molecule has 1 saturated heterocycles. The quantitative estimate of drug-likeness (QED) is 0.684. The van der Waals surface area contributed by atoms with Gasteiger partial charge in [0.25, 0.3) is 5.91 Å².